The van der Waals surface area contributed by atoms with Crippen LogP contribution in [-0.2, 0) is 10.0 Å². The minimum atomic E-state index is -3.65. The Labute approximate surface area is 142 Å². The van der Waals surface area contributed by atoms with E-state index in [-0.39, 0.29) is 21.0 Å². The first-order valence-corrected chi connectivity index (χ1v) is 9.86. The SMILES string of the molecule is CC1CN(S(=O)(=O)c2ccc(I)c(C(=O)O)c2)CC(C)S1. The van der Waals surface area contributed by atoms with Crippen LogP contribution in [-0.4, -0.2) is 47.4 Å². The molecule has 1 heterocycles. The molecule has 0 amide bonds. The number of hydrogen-bond acceptors (Lipinski definition) is 4. The first-order valence-electron chi connectivity index (χ1n) is 6.40. The summed E-state index contributed by atoms with van der Waals surface area (Å²) >= 11 is 3.65. The molecule has 21 heavy (non-hydrogen) atoms. The molecular weight excluding hydrogens is 425 g/mol. The molecule has 1 saturated heterocycles. The zero-order valence-electron chi connectivity index (χ0n) is 11.6. The van der Waals surface area contributed by atoms with Gasteiger partial charge in [0.2, 0.25) is 10.0 Å². The van der Waals surface area contributed by atoms with Crippen molar-refractivity contribution >= 4 is 50.3 Å². The molecule has 0 aromatic heterocycles. The van der Waals surface area contributed by atoms with Crippen LogP contribution in [0.5, 0.6) is 0 Å². The van der Waals surface area contributed by atoms with Gasteiger partial charge in [-0.05, 0) is 40.8 Å². The van der Waals surface area contributed by atoms with Crippen LogP contribution in [0.15, 0.2) is 23.1 Å². The Kier molecular flexibility index (Phi) is 5.22. The van der Waals surface area contributed by atoms with Gasteiger partial charge in [-0.15, -0.1) is 0 Å². The number of carbonyl (C=O) groups is 1. The molecule has 1 aliphatic rings. The normalized spacial score (nSPS) is 24.0. The standard InChI is InChI=1S/C13H16INO4S2/c1-8-6-15(7-9(2)20-8)21(18,19)10-3-4-12(14)11(5-10)13(16)17/h3-5,8-9H,6-7H2,1-2H3,(H,16,17). The molecule has 8 heteroatoms. The van der Waals surface area contributed by atoms with Crippen molar-refractivity contribution in [3.05, 3.63) is 27.3 Å². The van der Waals surface area contributed by atoms with Crippen molar-refractivity contribution in [1.82, 2.24) is 4.31 Å². The third kappa shape index (κ3) is 3.72. The van der Waals surface area contributed by atoms with Crippen LogP contribution >= 0.6 is 34.4 Å². The molecular formula is C13H16INO4S2. The highest BCUT2D eigenvalue weighted by molar-refractivity contribution is 14.1. The van der Waals surface area contributed by atoms with Gasteiger partial charge in [0.15, 0.2) is 0 Å². The van der Waals surface area contributed by atoms with Crippen molar-refractivity contribution in [3.63, 3.8) is 0 Å². The number of benzene rings is 1. The third-order valence-corrected chi connectivity index (χ3v) is 7.19. The monoisotopic (exact) mass is 441 g/mol. The summed E-state index contributed by atoms with van der Waals surface area (Å²) in [7, 11) is -3.65. The minimum Gasteiger partial charge on any atom is -0.478 e. The van der Waals surface area contributed by atoms with E-state index < -0.39 is 16.0 Å². The summed E-state index contributed by atoms with van der Waals surface area (Å²) in [5, 5.41) is 9.59. The number of aromatic carboxylic acids is 1. The van der Waals surface area contributed by atoms with E-state index in [4.69, 9.17) is 5.11 Å². The second kappa shape index (κ2) is 6.43. The molecule has 1 aliphatic heterocycles. The molecule has 0 aliphatic carbocycles. The maximum absolute atomic E-state index is 12.7. The summed E-state index contributed by atoms with van der Waals surface area (Å²) in [5.74, 6) is -1.12. The van der Waals surface area contributed by atoms with Gasteiger partial charge in [0.1, 0.15) is 0 Å². The molecule has 116 valence electrons. The first-order chi connectivity index (χ1) is 9.71. The summed E-state index contributed by atoms with van der Waals surface area (Å²) < 4.78 is 27.3. The number of rotatable bonds is 3. The molecule has 5 nitrogen and oxygen atoms in total. The highest BCUT2D eigenvalue weighted by Gasteiger charge is 2.32. The molecule has 2 rings (SSSR count). The quantitative estimate of drug-likeness (QED) is 0.730. The van der Waals surface area contributed by atoms with Gasteiger partial charge >= 0.3 is 5.97 Å². The van der Waals surface area contributed by atoms with Crippen molar-refractivity contribution in [2.24, 2.45) is 0 Å². The summed E-state index contributed by atoms with van der Waals surface area (Å²) in [6.07, 6.45) is 0. The lowest BCUT2D eigenvalue weighted by molar-refractivity contribution is 0.0695. The predicted octanol–water partition coefficient (Wildman–Crippen LogP) is 2.50. The van der Waals surface area contributed by atoms with Crippen molar-refractivity contribution in [2.75, 3.05) is 13.1 Å². The van der Waals surface area contributed by atoms with E-state index in [0.717, 1.165) is 0 Å². The largest absolute Gasteiger partial charge is 0.478 e. The van der Waals surface area contributed by atoms with E-state index >= 15 is 0 Å². The fourth-order valence-corrected chi connectivity index (χ4v) is 6.03. The number of carboxylic acid groups (broad SMARTS) is 1. The predicted molar refractivity (Wildman–Crippen MR) is 91.4 cm³/mol. The van der Waals surface area contributed by atoms with E-state index in [9.17, 15) is 13.2 Å². The van der Waals surface area contributed by atoms with Crippen LogP contribution in [0, 0.1) is 3.57 Å². The minimum absolute atomic E-state index is 0.0177. The van der Waals surface area contributed by atoms with Crippen molar-refractivity contribution < 1.29 is 18.3 Å². The fraction of sp³-hybridized carbons (Fsp3) is 0.462. The third-order valence-electron chi connectivity index (χ3n) is 3.19. The fourth-order valence-electron chi connectivity index (χ4n) is 2.30. The zero-order chi connectivity index (χ0) is 15.8. The summed E-state index contributed by atoms with van der Waals surface area (Å²) in [4.78, 5) is 11.2. The van der Waals surface area contributed by atoms with Crippen molar-refractivity contribution in [1.29, 1.82) is 0 Å². The second-order valence-corrected chi connectivity index (χ2v) is 10.0. The molecule has 0 bridgehead atoms. The van der Waals surface area contributed by atoms with Crippen LogP contribution in [0.3, 0.4) is 0 Å². The molecule has 1 aromatic carbocycles. The van der Waals surface area contributed by atoms with Gasteiger partial charge in [0.05, 0.1) is 10.5 Å². The van der Waals surface area contributed by atoms with Gasteiger partial charge in [-0.25, -0.2) is 13.2 Å². The lowest BCUT2D eigenvalue weighted by Crippen LogP contribution is -2.43. The highest BCUT2D eigenvalue weighted by Crippen LogP contribution is 2.29. The average Bonchev–Trinajstić information content (AvgIpc) is 2.37. The van der Waals surface area contributed by atoms with Gasteiger partial charge in [0, 0.05) is 27.2 Å². The van der Waals surface area contributed by atoms with Crippen LogP contribution in [0.4, 0.5) is 0 Å². The molecule has 0 spiro atoms. The Morgan fingerprint density at radius 1 is 1.33 bits per heavy atom. The van der Waals surface area contributed by atoms with E-state index in [2.05, 4.69) is 0 Å². The van der Waals surface area contributed by atoms with E-state index in [1.807, 2.05) is 36.4 Å². The maximum atomic E-state index is 12.7. The van der Waals surface area contributed by atoms with Gasteiger partial charge in [0.25, 0.3) is 0 Å². The van der Waals surface area contributed by atoms with Crippen LogP contribution in [0.25, 0.3) is 0 Å². The molecule has 2 atom stereocenters. The summed E-state index contributed by atoms with van der Waals surface area (Å²) in [6.45, 7) is 4.90. The molecule has 1 aromatic rings. The number of sulfonamides is 1. The van der Waals surface area contributed by atoms with Gasteiger partial charge in [-0.1, -0.05) is 13.8 Å². The Hall–Kier alpha value is -0.320. The Balaban J connectivity index is 2.40. The highest BCUT2D eigenvalue weighted by atomic mass is 127. The Bertz CT molecular complexity index is 652. The number of hydrogen-bond donors (Lipinski definition) is 1. The van der Waals surface area contributed by atoms with Gasteiger partial charge in [-0.3, -0.25) is 0 Å². The van der Waals surface area contributed by atoms with Crippen molar-refractivity contribution in [2.45, 2.75) is 29.2 Å². The second-order valence-electron chi connectivity index (χ2n) is 5.03. The number of nitrogens with zero attached hydrogens (tertiary/aromatic N) is 1. The maximum Gasteiger partial charge on any atom is 0.336 e. The zero-order valence-corrected chi connectivity index (χ0v) is 15.4. The molecule has 1 N–H and O–H groups in total. The lowest BCUT2D eigenvalue weighted by Gasteiger charge is -2.33. The number of thioether (sulfide) groups is 1. The number of carboxylic acids is 1. The van der Waals surface area contributed by atoms with Crippen molar-refractivity contribution in [3.8, 4) is 0 Å². The average molecular weight is 441 g/mol. The summed E-state index contributed by atoms with van der Waals surface area (Å²) in [5.41, 5.74) is 0.0177. The van der Waals surface area contributed by atoms with Crippen LogP contribution in [0.1, 0.15) is 24.2 Å². The number of halogens is 1. The van der Waals surface area contributed by atoms with Gasteiger partial charge in [-0.2, -0.15) is 16.1 Å². The molecule has 0 saturated carbocycles. The topological polar surface area (TPSA) is 74.7 Å². The van der Waals surface area contributed by atoms with E-state index in [0.29, 0.717) is 16.7 Å². The molecule has 0 radical (unpaired) electrons. The van der Waals surface area contributed by atoms with Crippen LogP contribution < -0.4 is 0 Å². The lowest BCUT2D eigenvalue weighted by atomic mass is 10.2. The summed E-state index contributed by atoms with van der Waals surface area (Å²) in [6, 6.07) is 4.25. The van der Waals surface area contributed by atoms with E-state index in [1.165, 1.54) is 22.5 Å². The van der Waals surface area contributed by atoms with Gasteiger partial charge < -0.3 is 5.11 Å². The molecule has 1 fully saturated rings. The molecule has 2 unspecified atom stereocenters. The first kappa shape index (κ1) is 17.0. The van der Waals surface area contributed by atoms with E-state index in [1.54, 1.807) is 11.8 Å². The van der Waals surface area contributed by atoms with Crippen LogP contribution in [0.2, 0.25) is 0 Å². The smallest absolute Gasteiger partial charge is 0.336 e. The Morgan fingerprint density at radius 2 is 1.90 bits per heavy atom. The Morgan fingerprint density at radius 3 is 2.43 bits per heavy atom.